The van der Waals surface area contributed by atoms with Crippen LogP contribution in [-0.4, -0.2) is 41.0 Å². The molecule has 6 heteroatoms. The molecule has 0 saturated heterocycles. The molecule has 0 fully saturated rings. The van der Waals surface area contributed by atoms with Gasteiger partial charge in [0.2, 0.25) is 0 Å². The molecule has 1 aromatic heterocycles. The van der Waals surface area contributed by atoms with Crippen molar-refractivity contribution in [2.45, 2.75) is 72.3 Å². The smallest absolute Gasteiger partial charge is 0.306 e. The molecule has 1 heterocycles. The maximum Gasteiger partial charge on any atom is 0.306 e. The molecule has 0 spiro atoms. The number of hydrogen-bond acceptors (Lipinski definition) is 5. The SMILES string of the molecule is CCCCc1nc(C)c(C(=O)N(C)CCCC(=O)OC(C)(C)C)s1. The van der Waals surface area contributed by atoms with Gasteiger partial charge in [0.15, 0.2) is 0 Å². The molecule has 0 aliphatic rings. The molecule has 1 amide bonds. The fourth-order valence-corrected chi connectivity index (χ4v) is 3.31. The lowest BCUT2D eigenvalue weighted by Gasteiger charge is -2.20. The van der Waals surface area contributed by atoms with Gasteiger partial charge in [-0.05, 0) is 47.0 Å². The number of aromatic nitrogens is 1. The van der Waals surface area contributed by atoms with Gasteiger partial charge in [-0.15, -0.1) is 11.3 Å². The zero-order chi connectivity index (χ0) is 18.3. The summed E-state index contributed by atoms with van der Waals surface area (Å²) in [6.45, 7) is 10.1. The van der Waals surface area contributed by atoms with Crippen LogP contribution in [0.3, 0.4) is 0 Å². The van der Waals surface area contributed by atoms with Gasteiger partial charge in [-0.3, -0.25) is 9.59 Å². The van der Waals surface area contributed by atoms with Crippen LogP contribution in [-0.2, 0) is 16.0 Å². The molecular formula is C18H30N2O3S. The summed E-state index contributed by atoms with van der Waals surface area (Å²) < 4.78 is 5.27. The van der Waals surface area contributed by atoms with Gasteiger partial charge < -0.3 is 9.64 Å². The highest BCUT2D eigenvalue weighted by atomic mass is 32.1. The molecule has 0 saturated carbocycles. The van der Waals surface area contributed by atoms with Crippen molar-refractivity contribution in [2.24, 2.45) is 0 Å². The Bertz CT molecular complexity index is 561. The predicted molar refractivity (Wildman–Crippen MR) is 97.5 cm³/mol. The molecule has 0 aliphatic heterocycles. The maximum atomic E-state index is 12.5. The number of carbonyl (C=O) groups excluding carboxylic acids is 2. The molecule has 0 bridgehead atoms. The lowest BCUT2D eigenvalue weighted by molar-refractivity contribution is -0.154. The zero-order valence-corrected chi connectivity index (χ0v) is 16.6. The van der Waals surface area contributed by atoms with E-state index in [0.29, 0.717) is 24.3 Å². The van der Waals surface area contributed by atoms with Crippen molar-refractivity contribution >= 4 is 23.2 Å². The van der Waals surface area contributed by atoms with Gasteiger partial charge in [-0.1, -0.05) is 13.3 Å². The summed E-state index contributed by atoms with van der Waals surface area (Å²) in [5.41, 5.74) is 0.336. The Hall–Kier alpha value is -1.43. The molecule has 0 atom stereocenters. The van der Waals surface area contributed by atoms with Crippen LogP contribution in [0.2, 0.25) is 0 Å². The highest BCUT2D eigenvalue weighted by molar-refractivity contribution is 7.13. The number of hydrogen-bond donors (Lipinski definition) is 0. The Morgan fingerprint density at radius 3 is 2.50 bits per heavy atom. The standard InChI is InChI=1S/C18H30N2O3S/c1-7-8-10-14-19-13(2)16(24-14)17(22)20(6)12-9-11-15(21)23-18(3,4)5/h7-12H2,1-6H3. The van der Waals surface area contributed by atoms with Gasteiger partial charge in [0.25, 0.3) is 5.91 Å². The summed E-state index contributed by atoms with van der Waals surface area (Å²) in [6, 6.07) is 0. The van der Waals surface area contributed by atoms with E-state index >= 15 is 0 Å². The minimum absolute atomic E-state index is 0.0167. The molecule has 24 heavy (non-hydrogen) atoms. The number of nitrogens with zero attached hydrogens (tertiary/aromatic N) is 2. The Labute approximate surface area is 149 Å². The van der Waals surface area contributed by atoms with E-state index in [0.717, 1.165) is 30.0 Å². The van der Waals surface area contributed by atoms with Gasteiger partial charge in [0.05, 0.1) is 10.7 Å². The molecule has 136 valence electrons. The second-order valence-electron chi connectivity index (χ2n) is 7.04. The Morgan fingerprint density at radius 1 is 1.25 bits per heavy atom. The molecule has 0 aromatic carbocycles. The average Bonchev–Trinajstić information content (AvgIpc) is 2.83. The minimum atomic E-state index is -0.465. The molecular weight excluding hydrogens is 324 g/mol. The third-order valence-electron chi connectivity index (χ3n) is 3.42. The first-order chi connectivity index (χ1) is 11.1. The minimum Gasteiger partial charge on any atom is -0.460 e. The number of ether oxygens (including phenoxy) is 1. The van der Waals surface area contributed by atoms with Crippen LogP contribution < -0.4 is 0 Å². The Morgan fingerprint density at radius 2 is 1.92 bits per heavy atom. The highest BCUT2D eigenvalue weighted by Crippen LogP contribution is 2.21. The molecule has 0 N–H and O–H groups in total. The largest absolute Gasteiger partial charge is 0.460 e. The van der Waals surface area contributed by atoms with E-state index in [1.807, 2.05) is 27.7 Å². The summed E-state index contributed by atoms with van der Waals surface area (Å²) in [7, 11) is 1.77. The predicted octanol–water partition coefficient (Wildman–Crippen LogP) is 3.99. The van der Waals surface area contributed by atoms with Crippen molar-refractivity contribution in [1.82, 2.24) is 9.88 Å². The first-order valence-corrected chi connectivity index (χ1v) is 9.39. The lowest BCUT2D eigenvalue weighted by Crippen LogP contribution is -2.29. The van der Waals surface area contributed by atoms with Crippen LogP contribution in [0.25, 0.3) is 0 Å². The van der Waals surface area contributed by atoms with Crippen LogP contribution in [0, 0.1) is 6.92 Å². The molecule has 1 rings (SSSR count). The molecule has 0 unspecified atom stereocenters. The topological polar surface area (TPSA) is 59.5 Å². The second kappa shape index (κ2) is 9.16. The average molecular weight is 355 g/mol. The Kier molecular flexibility index (Phi) is 7.87. The van der Waals surface area contributed by atoms with E-state index in [2.05, 4.69) is 11.9 Å². The number of esters is 1. The third kappa shape index (κ3) is 6.99. The number of thiazole rings is 1. The van der Waals surface area contributed by atoms with Crippen LogP contribution in [0.1, 0.15) is 73.8 Å². The van der Waals surface area contributed by atoms with E-state index < -0.39 is 5.60 Å². The second-order valence-corrected chi connectivity index (χ2v) is 8.13. The highest BCUT2D eigenvalue weighted by Gasteiger charge is 2.20. The van der Waals surface area contributed by atoms with Crippen LogP contribution in [0.15, 0.2) is 0 Å². The van der Waals surface area contributed by atoms with Crippen molar-refractivity contribution in [3.63, 3.8) is 0 Å². The fraction of sp³-hybridized carbons (Fsp3) is 0.722. The fourth-order valence-electron chi connectivity index (χ4n) is 2.21. The number of carbonyl (C=O) groups is 2. The summed E-state index contributed by atoms with van der Waals surface area (Å²) in [5.74, 6) is -0.240. The number of rotatable bonds is 8. The van der Waals surface area contributed by atoms with E-state index in [9.17, 15) is 9.59 Å². The molecule has 5 nitrogen and oxygen atoms in total. The summed E-state index contributed by atoms with van der Waals surface area (Å²) in [6.07, 6.45) is 4.05. The Balaban J connectivity index is 2.50. The van der Waals surface area contributed by atoms with Crippen molar-refractivity contribution < 1.29 is 14.3 Å². The normalized spacial score (nSPS) is 11.4. The molecule has 1 aromatic rings. The quantitative estimate of drug-likeness (QED) is 0.662. The van der Waals surface area contributed by atoms with Gasteiger partial charge >= 0.3 is 5.97 Å². The van der Waals surface area contributed by atoms with Crippen molar-refractivity contribution in [3.05, 3.63) is 15.6 Å². The summed E-state index contributed by atoms with van der Waals surface area (Å²) in [4.78, 5) is 31.1. The summed E-state index contributed by atoms with van der Waals surface area (Å²) >= 11 is 1.49. The third-order valence-corrected chi connectivity index (χ3v) is 4.63. The molecule has 0 radical (unpaired) electrons. The van der Waals surface area contributed by atoms with E-state index in [1.54, 1.807) is 11.9 Å². The van der Waals surface area contributed by atoms with Crippen LogP contribution in [0.4, 0.5) is 0 Å². The summed E-state index contributed by atoms with van der Waals surface area (Å²) in [5, 5.41) is 1.03. The lowest BCUT2D eigenvalue weighted by atomic mass is 10.2. The monoisotopic (exact) mass is 354 g/mol. The van der Waals surface area contributed by atoms with E-state index in [4.69, 9.17) is 4.74 Å². The number of aryl methyl sites for hydroxylation is 2. The van der Waals surface area contributed by atoms with E-state index in [-0.39, 0.29) is 11.9 Å². The number of unbranched alkanes of at least 4 members (excludes halogenated alkanes) is 1. The first kappa shape index (κ1) is 20.6. The van der Waals surface area contributed by atoms with Gasteiger partial charge in [0, 0.05) is 20.0 Å². The maximum absolute atomic E-state index is 12.5. The number of amides is 1. The van der Waals surface area contributed by atoms with Crippen molar-refractivity contribution in [1.29, 1.82) is 0 Å². The van der Waals surface area contributed by atoms with Crippen molar-refractivity contribution in [3.8, 4) is 0 Å². The van der Waals surface area contributed by atoms with Crippen LogP contribution in [0.5, 0.6) is 0 Å². The van der Waals surface area contributed by atoms with Crippen LogP contribution >= 0.6 is 11.3 Å². The van der Waals surface area contributed by atoms with E-state index in [1.165, 1.54) is 11.3 Å². The first-order valence-electron chi connectivity index (χ1n) is 8.57. The molecule has 0 aliphatic carbocycles. The van der Waals surface area contributed by atoms with Crippen molar-refractivity contribution in [2.75, 3.05) is 13.6 Å². The zero-order valence-electron chi connectivity index (χ0n) is 15.8. The van der Waals surface area contributed by atoms with Gasteiger partial charge in [-0.25, -0.2) is 4.98 Å². The van der Waals surface area contributed by atoms with Gasteiger partial charge in [-0.2, -0.15) is 0 Å². The van der Waals surface area contributed by atoms with Gasteiger partial charge in [0.1, 0.15) is 10.5 Å².